The Labute approximate surface area is 156 Å². The van der Waals surface area contributed by atoms with E-state index in [4.69, 9.17) is 9.51 Å². The lowest BCUT2D eigenvalue weighted by atomic mass is 10.1. The molecule has 0 radical (unpaired) electrons. The quantitative estimate of drug-likeness (QED) is 0.704. The normalized spacial score (nSPS) is 14.4. The van der Waals surface area contributed by atoms with Crippen molar-refractivity contribution in [1.29, 1.82) is 0 Å². The fraction of sp³-hybridized carbons (Fsp3) is 0.316. The van der Waals surface area contributed by atoms with E-state index in [1.165, 1.54) is 0 Å². The third-order valence-corrected chi connectivity index (χ3v) is 4.63. The minimum absolute atomic E-state index is 0.101. The van der Waals surface area contributed by atoms with Crippen molar-refractivity contribution in [2.45, 2.75) is 13.8 Å². The lowest BCUT2D eigenvalue weighted by Gasteiger charge is -2.34. The summed E-state index contributed by atoms with van der Waals surface area (Å²) in [7, 11) is 0. The van der Waals surface area contributed by atoms with Crippen LogP contribution in [0.1, 0.15) is 12.6 Å². The van der Waals surface area contributed by atoms with Gasteiger partial charge in [-0.15, -0.1) is 0 Å². The zero-order chi connectivity index (χ0) is 18.8. The van der Waals surface area contributed by atoms with Crippen LogP contribution in [0.25, 0.3) is 22.6 Å². The van der Waals surface area contributed by atoms with E-state index in [-0.39, 0.29) is 5.91 Å². The Kier molecular flexibility index (Phi) is 4.53. The van der Waals surface area contributed by atoms with E-state index in [2.05, 4.69) is 20.0 Å². The molecule has 0 aromatic carbocycles. The van der Waals surface area contributed by atoms with Crippen LogP contribution in [-0.4, -0.2) is 57.1 Å². The van der Waals surface area contributed by atoms with Gasteiger partial charge in [-0.3, -0.25) is 9.78 Å². The van der Waals surface area contributed by atoms with Crippen LogP contribution < -0.4 is 4.90 Å². The highest BCUT2D eigenvalue weighted by molar-refractivity contribution is 5.78. The van der Waals surface area contributed by atoms with E-state index in [1.54, 1.807) is 25.5 Å². The van der Waals surface area contributed by atoms with Gasteiger partial charge in [0.15, 0.2) is 5.76 Å². The predicted molar refractivity (Wildman–Crippen MR) is 100.0 cm³/mol. The monoisotopic (exact) mass is 364 g/mol. The van der Waals surface area contributed by atoms with Crippen LogP contribution in [0.5, 0.6) is 0 Å². The van der Waals surface area contributed by atoms with Crippen LogP contribution in [-0.2, 0) is 4.79 Å². The third-order valence-electron chi connectivity index (χ3n) is 4.63. The molecule has 1 aliphatic rings. The summed E-state index contributed by atoms with van der Waals surface area (Å²) in [5.41, 5.74) is 3.29. The van der Waals surface area contributed by atoms with Gasteiger partial charge in [0, 0.05) is 63.3 Å². The first-order valence-corrected chi connectivity index (χ1v) is 8.83. The molecule has 1 saturated heterocycles. The van der Waals surface area contributed by atoms with Crippen molar-refractivity contribution in [2.75, 3.05) is 31.1 Å². The number of rotatable bonds is 3. The highest BCUT2D eigenvalue weighted by Gasteiger charge is 2.22. The number of carbonyl (C=O) groups is 1. The number of aryl methyl sites for hydroxylation is 1. The Bertz CT molecular complexity index is 948. The van der Waals surface area contributed by atoms with Gasteiger partial charge in [-0.05, 0) is 19.1 Å². The molecule has 0 N–H and O–H groups in total. The molecule has 3 aromatic heterocycles. The molecule has 1 fully saturated rings. The lowest BCUT2D eigenvalue weighted by Crippen LogP contribution is -2.48. The van der Waals surface area contributed by atoms with Gasteiger partial charge in [0.2, 0.25) is 11.9 Å². The smallest absolute Gasteiger partial charge is 0.226 e. The van der Waals surface area contributed by atoms with Crippen LogP contribution in [0, 0.1) is 6.92 Å². The van der Waals surface area contributed by atoms with Crippen LogP contribution in [0.2, 0.25) is 0 Å². The maximum Gasteiger partial charge on any atom is 0.226 e. The standard InChI is InChI=1S/C19H20N6O2/c1-13-11-17(27-23-13)16-12-21-19(22-18(16)15-3-5-20-6-4-15)25-9-7-24(8-10-25)14(2)26/h3-6,11-12H,7-10H2,1-2H3. The molecule has 0 bridgehead atoms. The molecule has 4 rings (SSSR count). The molecule has 0 atom stereocenters. The largest absolute Gasteiger partial charge is 0.356 e. The number of anilines is 1. The summed E-state index contributed by atoms with van der Waals surface area (Å²) in [6.45, 7) is 6.23. The number of nitrogens with zero attached hydrogens (tertiary/aromatic N) is 6. The summed E-state index contributed by atoms with van der Waals surface area (Å²) in [6.07, 6.45) is 5.24. The SMILES string of the molecule is CC(=O)N1CCN(c2ncc(-c3cc(C)no3)c(-c3ccncc3)n2)CC1. The molecule has 0 spiro atoms. The molecule has 8 nitrogen and oxygen atoms in total. The number of pyridine rings is 1. The van der Waals surface area contributed by atoms with Gasteiger partial charge in [-0.1, -0.05) is 5.16 Å². The number of aromatic nitrogens is 4. The fourth-order valence-electron chi connectivity index (χ4n) is 3.15. The molecule has 0 unspecified atom stereocenters. The summed E-state index contributed by atoms with van der Waals surface area (Å²) >= 11 is 0. The molecule has 138 valence electrons. The van der Waals surface area contributed by atoms with Crippen LogP contribution >= 0.6 is 0 Å². The highest BCUT2D eigenvalue weighted by Crippen LogP contribution is 2.31. The van der Waals surface area contributed by atoms with Crippen molar-refractivity contribution in [3.8, 4) is 22.6 Å². The molecule has 1 aliphatic heterocycles. The predicted octanol–water partition coefficient (Wildman–Crippen LogP) is 2.17. The topological polar surface area (TPSA) is 88.3 Å². The second-order valence-electron chi connectivity index (χ2n) is 6.49. The molecule has 8 heteroatoms. The highest BCUT2D eigenvalue weighted by atomic mass is 16.5. The van der Waals surface area contributed by atoms with E-state index >= 15 is 0 Å². The number of hydrogen-bond donors (Lipinski definition) is 0. The molecule has 27 heavy (non-hydrogen) atoms. The zero-order valence-electron chi connectivity index (χ0n) is 15.3. The Hall–Kier alpha value is -3.29. The maximum absolute atomic E-state index is 11.5. The first kappa shape index (κ1) is 17.1. The Balaban J connectivity index is 1.70. The van der Waals surface area contributed by atoms with Gasteiger partial charge in [0.05, 0.1) is 17.0 Å². The van der Waals surface area contributed by atoms with Crippen LogP contribution in [0.3, 0.4) is 0 Å². The summed E-state index contributed by atoms with van der Waals surface area (Å²) in [4.78, 5) is 28.9. The summed E-state index contributed by atoms with van der Waals surface area (Å²) in [6, 6.07) is 5.69. The molecule has 3 aromatic rings. The van der Waals surface area contributed by atoms with Crippen molar-refractivity contribution >= 4 is 11.9 Å². The second-order valence-corrected chi connectivity index (χ2v) is 6.49. The first-order chi connectivity index (χ1) is 13.1. The number of hydrogen-bond acceptors (Lipinski definition) is 7. The van der Waals surface area contributed by atoms with Gasteiger partial charge in [-0.25, -0.2) is 9.97 Å². The molecule has 1 amide bonds. The van der Waals surface area contributed by atoms with Gasteiger partial charge < -0.3 is 14.3 Å². The van der Waals surface area contributed by atoms with Gasteiger partial charge >= 0.3 is 0 Å². The molecule has 0 aliphatic carbocycles. The van der Waals surface area contributed by atoms with Crippen molar-refractivity contribution in [2.24, 2.45) is 0 Å². The molecular weight excluding hydrogens is 344 g/mol. The first-order valence-electron chi connectivity index (χ1n) is 8.83. The molecule has 0 saturated carbocycles. The van der Waals surface area contributed by atoms with Crippen molar-refractivity contribution < 1.29 is 9.32 Å². The minimum Gasteiger partial charge on any atom is -0.356 e. The van der Waals surface area contributed by atoms with E-state index < -0.39 is 0 Å². The number of piperazine rings is 1. The Morgan fingerprint density at radius 2 is 1.89 bits per heavy atom. The number of carbonyl (C=O) groups excluding carboxylic acids is 1. The van der Waals surface area contributed by atoms with E-state index in [0.29, 0.717) is 37.9 Å². The Morgan fingerprint density at radius 3 is 2.52 bits per heavy atom. The van der Waals surface area contributed by atoms with E-state index in [0.717, 1.165) is 22.5 Å². The van der Waals surface area contributed by atoms with Gasteiger partial charge in [-0.2, -0.15) is 0 Å². The van der Waals surface area contributed by atoms with E-state index in [9.17, 15) is 4.79 Å². The maximum atomic E-state index is 11.5. The van der Waals surface area contributed by atoms with Gasteiger partial charge in [0.25, 0.3) is 0 Å². The average Bonchev–Trinajstić information content (AvgIpc) is 3.14. The van der Waals surface area contributed by atoms with E-state index in [1.807, 2.05) is 30.0 Å². The summed E-state index contributed by atoms with van der Waals surface area (Å²) in [5, 5.41) is 3.97. The summed E-state index contributed by atoms with van der Waals surface area (Å²) < 4.78 is 5.43. The minimum atomic E-state index is 0.101. The molecular formula is C19H20N6O2. The van der Waals surface area contributed by atoms with Crippen molar-refractivity contribution in [3.05, 3.63) is 42.5 Å². The van der Waals surface area contributed by atoms with Crippen molar-refractivity contribution in [1.82, 2.24) is 25.0 Å². The summed E-state index contributed by atoms with van der Waals surface area (Å²) in [5.74, 6) is 1.38. The molecule has 4 heterocycles. The van der Waals surface area contributed by atoms with Gasteiger partial charge in [0.1, 0.15) is 0 Å². The lowest BCUT2D eigenvalue weighted by molar-refractivity contribution is -0.129. The average molecular weight is 364 g/mol. The zero-order valence-corrected chi connectivity index (χ0v) is 15.3. The van der Waals surface area contributed by atoms with Crippen LogP contribution in [0.15, 0.2) is 41.3 Å². The van der Waals surface area contributed by atoms with Crippen LogP contribution in [0.4, 0.5) is 5.95 Å². The Morgan fingerprint density at radius 1 is 1.15 bits per heavy atom. The fourth-order valence-corrected chi connectivity index (χ4v) is 3.15. The third kappa shape index (κ3) is 3.51. The number of amides is 1. The van der Waals surface area contributed by atoms with Crippen molar-refractivity contribution in [3.63, 3.8) is 0 Å². The second kappa shape index (κ2) is 7.14.